The molecule has 0 aliphatic carbocycles. The van der Waals surface area contributed by atoms with Crippen LogP contribution in [0.25, 0.3) is 0 Å². The van der Waals surface area contributed by atoms with Gasteiger partial charge in [0.2, 0.25) is 0 Å². The average molecular weight is 405 g/mol. The van der Waals surface area contributed by atoms with Crippen molar-refractivity contribution in [3.63, 3.8) is 0 Å². The topological polar surface area (TPSA) is 59.6 Å². The van der Waals surface area contributed by atoms with Gasteiger partial charge < -0.3 is 15.8 Å². The molecular weight excluding hydrogens is 377 g/mol. The van der Waals surface area contributed by atoms with Gasteiger partial charge >= 0.3 is 0 Å². The minimum absolute atomic E-state index is 0. The molecule has 0 spiro atoms. The van der Waals surface area contributed by atoms with Gasteiger partial charge in [0, 0.05) is 12.0 Å². The molecule has 1 rings (SSSR count). The van der Waals surface area contributed by atoms with Crippen molar-refractivity contribution in [1.29, 1.82) is 0 Å². The second-order valence-corrected chi connectivity index (χ2v) is 6.09. The van der Waals surface area contributed by atoms with Gasteiger partial charge in [0.25, 0.3) is 0 Å². The van der Waals surface area contributed by atoms with Crippen molar-refractivity contribution in [3.05, 3.63) is 29.8 Å². The molecule has 0 saturated heterocycles. The number of ether oxygens (including phenoxy) is 1. The number of benzene rings is 1. The highest BCUT2D eigenvalue weighted by atomic mass is 127. The summed E-state index contributed by atoms with van der Waals surface area (Å²) < 4.78 is 5.18. The van der Waals surface area contributed by atoms with Crippen LogP contribution < -0.4 is 15.8 Å². The first-order valence-corrected chi connectivity index (χ1v) is 7.03. The molecule has 120 valence electrons. The SMILES string of the molecule is COc1ccc(C(C)(C)CN=C(N)NCC(C)C)cc1.I. The summed E-state index contributed by atoms with van der Waals surface area (Å²) in [5.74, 6) is 1.94. The van der Waals surface area contributed by atoms with Crippen LogP contribution in [-0.4, -0.2) is 26.2 Å². The van der Waals surface area contributed by atoms with Crippen LogP contribution in [0.5, 0.6) is 5.75 Å². The lowest BCUT2D eigenvalue weighted by Gasteiger charge is -2.23. The molecule has 0 heterocycles. The molecule has 5 heteroatoms. The number of nitrogens with zero attached hydrogens (tertiary/aromatic N) is 1. The minimum Gasteiger partial charge on any atom is -0.497 e. The molecule has 3 N–H and O–H groups in total. The van der Waals surface area contributed by atoms with Crippen LogP contribution >= 0.6 is 24.0 Å². The molecule has 0 bridgehead atoms. The molecular formula is C16H28IN3O. The quantitative estimate of drug-likeness (QED) is 0.434. The summed E-state index contributed by atoms with van der Waals surface area (Å²) >= 11 is 0. The van der Waals surface area contributed by atoms with Crippen LogP contribution in [0.4, 0.5) is 0 Å². The van der Waals surface area contributed by atoms with Crippen LogP contribution in [0.3, 0.4) is 0 Å². The van der Waals surface area contributed by atoms with Crippen LogP contribution in [0.15, 0.2) is 29.3 Å². The van der Waals surface area contributed by atoms with Gasteiger partial charge in [0.05, 0.1) is 13.7 Å². The minimum atomic E-state index is -0.0591. The van der Waals surface area contributed by atoms with E-state index in [-0.39, 0.29) is 29.4 Å². The molecule has 21 heavy (non-hydrogen) atoms. The zero-order valence-corrected chi connectivity index (χ0v) is 16.0. The van der Waals surface area contributed by atoms with Crippen molar-refractivity contribution in [2.24, 2.45) is 16.6 Å². The van der Waals surface area contributed by atoms with Crippen molar-refractivity contribution in [2.75, 3.05) is 20.2 Å². The Labute approximate surface area is 145 Å². The van der Waals surface area contributed by atoms with E-state index in [9.17, 15) is 0 Å². The van der Waals surface area contributed by atoms with Crippen LogP contribution in [0.1, 0.15) is 33.3 Å². The molecule has 0 amide bonds. The van der Waals surface area contributed by atoms with Gasteiger partial charge in [-0.1, -0.05) is 39.8 Å². The molecule has 1 aromatic carbocycles. The highest BCUT2D eigenvalue weighted by molar-refractivity contribution is 14.0. The molecule has 0 unspecified atom stereocenters. The van der Waals surface area contributed by atoms with E-state index < -0.39 is 0 Å². The predicted molar refractivity (Wildman–Crippen MR) is 101 cm³/mol. The van der Waals surface area contributed by atoms with Crippen LogP contribution in [0.2, 0.25) is 0 Å². The number of nitrogens with one attached hydrogen (secondary N) is 1. The van der Waals surface area contributed by atoms with Gasteiger partial charge in [-0.3, -0.25) is 4.99 Å². The Bertz CT molecular complexity index is 441. The summed E-state index contributed by atoms with van der Waals surface area (Å²) in [5.41, 5.74) is 7.03. The highest BCUT2D eigenvalue weighted by Crippen LogP contribution is 2.25. The van der Waals surface area contributed by atoms with E-state index in [0.29, 0.717) is 18.4 Å². The Hall–Kier alpha value is -0.980. The average Bonchev–Trinajstić information content (AvgIpc) is 2.43. The summed E-state index contributed by atoms with van der Waals surface area (Å²) in [6, 6.07) is 8.10. The Kier molecular flexibility index (Phi) is 8.70. The molecule has 0 radical (unpaired) electrons. The molecule has 0 saturated carbocycles. The summed E-state index contributed by atoms with van der Waals surface area (Å²) in [6.07, 6.45) is 0. The van der Waals surface area contributed by atoms with E-state index in [1.807, 2.05) is 12.1 Å². The van der Waals surface area contributed by atoms with E-state index in [0.717, 1.165) is 12.3 Å². The molecule has 0 fully saturated rings. The van der Waals surface area contributed by atoms with Crippen molar-refractivity contribution in [1.82, 2.24) is 5.32 Å². The Balaban J connectivity index is 0.00000400. The van der Waals surface area contributed by atoms with Crippen LogP contribution in [-0.2, 0) is 5.41 Å². The smallest absolute Gasteiger partial charge is 0.188 e. The highest BCUT2D eigenvalue weighted by Gasteiger charge is 2.20. The third-order valence-corrected chi connectivity index (χ3v) is 3.21. The number of guanidine groups is 1. The summed E-state index contributed by atoms with van der Waals surface area (Å²) in [7, 11) is 1.67. The van der Waals surface area contributed by atoms with Gasteiger partial charge in [-0.25, -0.2) is 0 Å². The maximum Gasteiger partial charge on any atom is 0.188 e. The third-order valence-electron chi connectivity index (χ3n) is 3.21. The molecule has 1 aromatic rings. The molecule has 0 aliphatic rings. The van der Waals surface area contributed by atoms with Crippen molar-refractivity contribution < 1.29 is 4.74 Å². The van der Waals surface area contributed by atoms with Gasteiger partial charge in [-0.05, 0) is 23.6 Å². The third kappa shape index (κ3) is 7.02. The monoisotopic (exact) mass is 405 g/mol. The first kappa shape index (κ1) is 20.0. The first-order valence-electron chi connectivity index (χ1n) is 7.03. The first-order chi connectivity index (χ1) is 9.35. The van der Waals surface area contributed by atoms with Crippen LogP contribution in [0, 0.1) is 5.92 Å². The predicted octanol–water partition coefficient (Wildman–Crippen LogP) is 3.15. The van der Waals surface area contributed by atoms with Gasteiger partial charge in [0.15, 0.2) is 5.96 Å². The molecule has 0 aliphatic heterocycles. The zero-order valence-electron chi connectivity index (χ0n) is 13.6. The standard InChI is InChI=1S/C16H27N3O.HI/c1-12(2)10-18-15(17)19-11-16(3,4)13-6-8-14(20-5)9-7-13;/h6-9,12H,10-11H2,1-5H3,(H3,17,18,19);1H. The van der Waals surface area contributed by atoms with Gasteiger partial charge in [-0.2, -0.15) is 0 Å². The normalized spacial score (nSPS) is 12.0. The van der Waals surface area contributed by atoms with Gasteiger partial charge in [0.1, 0.15) is 5.75 Å². The maximum atomic E-state index is 5.87. The number of halogens is 1. The molecule has 0 atom stereocenters. The summed E-state index contributed by atoms with van der Waals surface area (Å²) in [6.45, 7) is 10.1. The van der Waals surface area contributed by atoms with E-state index >= 15 is 0 Å². The van der Waals surface area contributed by atoms with Crippen molar-refractivity contribution in [3.8, 4) is 5.75 Å². The van der Waals surface area contributed by atoms with Gasteiger partial charge in [-0.15, -0.1) is 24.0 Å². The van der Waals surface area contributed by atoms with E-state index in [1.54, 1.807) is 7.11 Å². The van der Waals surface area contributed by atoms with E-state index in [4.69, 9.17) is 10.5 Å². The number of aliphatic imine (C=N–C) groups is 1. The summed E-state index contributed by atoms with van der Waals surface area (Å²) in [5, 5.41) is 3.13. The van der Waals surface area contributed by atoms with Crippen molar-refractivity contribution >= 4 is 29.9 Å². The fraction of sp³-hybridized carbons (Fsp3) is 0.562. The van der Waals surface area contributed by atoms with Crippen molar-refractivity contribution in [2.45, 2.75) is 33.1 Å². The number of rotatable bonds is 6. The lowest BCUT2D eigenvalue weighted by atomic mass is 9.85. The number of methoxy groups -OCH3 is 1. The Morgan fingerprint density at radius 1 is 1.29 bits per heavy atom. The molecule has 0 aromatic heterocycles. The number of hydrogen-bond donors (Lipinski definition) is 2. The van der Waals surface area contributed by atoms with E-state index in [1.165, 1.54) is 5.56 Å². The second kappa shape index (κ2) is 9.12. The maximum absolute atomic E-state index is 5.87. The summed E-state index contributed by atoms with van der Waals surface area (Å²) in [4.78, 5) is 4.44. The lowest BCUT2D eigenvalue weighted by Crippen LogP contribution is -2.35. The van der Waals surface area contributed by atoms with E-state index in [2.05, 4.69) is 50.1 Å². The fourth-order valence-electron chi connectivity index (χ4n) is 1.78. The largest absolute Gasteiger partial charge is 0.497 e. The fourth-order valence-corrected chi connectivity index (χ4v) is 1.78. The lowest BCUT2D eigenvalue weighted by molar-refractivity contribution is 0.414. The molecule has 4 nitrogen and oxygen atoms in total. The Morgan fingerprint density at radius 3 is 2.33 bits per heavy atom. The number of hydrogen-bond acceptors (Lipinski definition) is 2. The Morgan fingerprint density at radius 2 is 1.86 bits per heavy atom. The zero-order chi connectivity index (χ0) is 15.2. The second-order valence-electron chi connectivity index (χ2n) is 6.09. The number of nitrogens with two attached hydrogens (primary N) is 1.